The van der Waals surface area contributed by atoms with Crippen LogP contribution < -0.4 is 14.4 Å². The fraction of sp³-hybridized carbons (Fsp3) is 0.444. The number of hydrogen-bond acceptors (Lipinski definition) is 5. The number of carbonyl (C=O) groups excluding carboxylic acids is 2. The minimum atomic E-state index is -3.65. The van der Waals surface area contributed by atoms with Crippen LogP contribution in [0.15, 0.2) is 78.9 Å². The van der Waals surface area contributed by atoms with Crippen LogP contribution in [0.2, 0.25) is 0 Å². The Morgan fingerprint density at radius 2 is 1.60 bits per heavy atom. The lowest BCUT2D eigenvalue weighted by Gasteiger charge is -2.34. The maximum atomic E-state index is 14.2. The highest BCUT2D eigenvalue weighted by atomic mass is 32.2. The molecule has 1 aliphatic carbocycles. The van der Waals surface area contributed by atoms with E-state index >= 15 is 0 Å². The molecule has 0 bridgehead atoms. The van der Waals surface area contributed by atoms with Crippen LogP contribution in [0.5, 0.6) is 5.75 Å². The average molecular weight is 634 g/mol. The molecular weight excluding hydrogens is 586 g/mol. The van der Waals surface area contributed by atoms with Crippen LogP contribution in [0.25, 0.3) is 0 Å². The van der Waals surface area contributed by atoms with Gasteiger partial charge in [-0.25, -0.2) is 8.42 Å². The van der Waals surface area contributed by atoms with E-state index in [4.69, 9.17) is 4.74 Å². The fourth-order valence-corrected chi connectivity index (χ4v) is 6.96. The Morgan fingerprint density at radius 1 is 0.933 bits per heavy atom. The first-order valence-electron chi connectivity index (χ1n) is 16.0. The molecule has 1 atom stereocenters. The Kier molecular flexibility index (Phi) is 12.4. The van der Waals surface area contributed by atoms with Crippen LogP contribution in [0.3, 0.4) is 0 Å². The molecule has 242 valence electrons. The Morgan fingerprint density at radius 3 is 2.29 bits per heavy atom. The predicted molar refractivity (Wildman–Crippen MR) is 180 cm³/mol. The molecule has 45 heavy (non-hydrogen) atoms. The summed E-state index contributed by atoms with van der Waals surface area (Å²) < 4.78 is 32.8. The molecule has 0 saturated heterocycles. The van der Waals surface area contributed by atoms with Gasteiger partial charge in [-0.15, -0.1) is 0 Å². The summed E-state index contributed by atoms with van der Waals surface area (Å²) in [6.45, 7) is 4.63. The second kappa shape index (κ2) is 16.5. The second-order valence-corrected chi connectivity index (χ2v) is 13.7. The maximum Gasteiger partial charge on any atom is 0.243 e. The molecule has 1 N–H and O–H groups in total. The van der Waals surface area contributed by atoms with Crippen molar-refractivity contribution < 1.29 is 22.7 Å². The Hall–Kier alpha value is -3.85. The van der Waals surface area contributed by atoms with Gasteiger partial charge in [-0.05, 0) is 61.9 Å². The zero-order valence-electron chi connectivity index (χ0n) is 26.8. The maximum absolute atomic E-state index is 14.2. The van der Waals surface area contributed by atoms with Gasteiger partial charge in [0.25, 0.3) is 0 Å². The number of hydrogen-bond donors (Lipinski definition) is 1. The van der Waals surface area contributed by atoms with E-state index in [1.807, 2.05) is 68.4 Å². The molecule has 0 radical (unpaired) electrons. The largest absolute Gasteiger partial charge is 0.492 e. The molecule has 0 spiro atoms. The third-order valence-electron chi connectivity index (χ3n) is 8.41. The van der Waals surface area contributed by atoms with Gasteiger partial charge in [0.15, 0.2) is 0 Å². The summed E-state index contributed by atoms with van der Waals surface area (Å²) in [5.74, 6) is 0.140. The van der Waals surface area contributed by atoms with Crippen molar-refractivity contribution in [1.29, 1.82) is 0 Å². The van der Waals surface area contributed by atoms with Gasteiger partial charge in [-0.1, -0.05) is 86.0 Å². The highest BCUT2D eigenvalue weighted by Crippen LogP contribution is 2.30. The first-order chi connectivity index (χ1) is 21.7. The number of ether oxygens (including phenoxy) is 1. The minimum absolute atomic E-state index is 0.0801. The highest BCUT2D eigenvalue weighted by molar-refractivity contribution is 7.92. The van der Waals surface area contributed by atoms with Crippen LogP contribution in [0, 0.1) is 6.92 Å². The summed E-state index contributed by atoms with van der Waals surface area (Å²) >= 11 is 0. The summed E-state index contributed by atoms with van der Waals surface area (Å²) in [4.78, 5) is 29.9. The molecule has 9 heteroatoms. The first-order valence-corrected chi connectivity index (χ1v) is 17.9. The van der Waals surface area contributed by atoms with Crippen molar-refractivity contribution in [3.05, 3.63) is 95.6 Å². The van der Waals surface area contributed by atoms with Crippen molar-refractivity contribution >= 4 is 27.5 Å². The molecule has 8 nitrogen and oxygen atoms in total. The van der Waals surface area contributed by atoms with E-state index in [-0.39, 0.29) is 43.8 Å². The number of anilines is 1. The van der Waals surface area contributed by atoms with E-state index in [0.717, 1.165) is 48.6 Å². The van der Waals surface area contributed by atoms with Gasteiger partial charge in [0, 0.05) is 32.0 Å². The van der Waals surface area contributed by atoms with Gasteiger partial charge in [0.05, 0.1) is 18.6 Å². The Bertz CT molecular complexity index is 1510. The summed E-state index contributed by atoms with van der Waals surface area (Å²) in [6, 6.07) is 24.1. The van der Waals surface area contributed by atoms with Crippen molar-refractivity contribution in [3.8, 4) is 5.75 Å². The normalized spacial score (nSPS) is 14.4. The molecule has 1 aliphatic rings. The Balaban J connectivity index is 1.60. The third-order valence-corrected chi connectivity index (χ3v) is 9.59. The first kappa shape index (κ1) is 34.0. The van der Waals surface area contributed by atoms with Gasteiger partial charge in [0.1, 0.15) is 11.8 Å². The van der Waals surface area contributed by atoms with Crippen molar-refractivity contribution in [2.24, 2.45) is 0 Å². The van der Waals surface area contributed by atoms with Gasteiger partial charge in [0.2, 0.25) is 21.8 Å². The summed E-state index contributed by atoms with van der Waals surface area (Å²) in [6.07, 6.45) is 7.14. The van der Waals surface area contributed by atoms with Gasteiger partial charge >= 0.3 is 0 Å². The van der Waals surface area contributed by atoms with Crippen molar-refractivity contribution in [2.75, 3.05) is 23.7 Å². The molecule has 1 unspecified atom stereocenters. The van der Waals surface area contributed by atoms with E-state index in [0.29, 0.717) is 24.5 Å². The van der Waals surface area contributed by atoms with E-state index in [1.54, 1.807) is 29.2 Å². The third kappa shape index (κ3) is 9.82. The number of nitrogens with zero attached hydrogens (tertiary/aromatic N) is 2. The van der Waals surface area contributed by atoms with Crippen LogP contribution in [0.4, 0.5) is 5.69 Å². The highest BCUT2D eigenvalue weighted by Gasteiger charge is 2.32. The molecule has 2 amide bonds. The van der Waals surface area contributed by atoms with Gasteiger partial charge in [-0.3, -0.25) is 13.9 Å². The van der Waals surface area contributed by atoms with Crippen LogP contribution in [0.1, 0.15) is 68.6 Å². The molecule has 3 aromatic rings. The van der Waals surface area contributed by atoms with Crippen molar-refractivity contribution in [1.82, 2.24) is 10.2 Å². The molecular formula is C36H47N3O5S. The van der Waals surface area contributed by atoms with E-state index in [1.165, 1.54) is 10.7 Å². The molecule has 0 aromatic heterocycles. The fourth-order valence-electron chi connectivity index (χ4n) is 5.99. The number of para-hydroxylation sites is 2. The van der Waals surface area contributed by atoms with Gasteiger partial charge < -0.3 is 15.0 Å². The lowest BCUT2D eigenvalue weighted by Crippen LogP contribution is -2.53. The number of amides is 2. The van der Waals surface area contributed by atoms with Crippen molar-refractivity contribution in [3.63, 3.8) is 0 Å². The number of aryl methyl sites for hydroxylation is 1. The standard InChI is InChI=1S/C36H47N3O5S/c1-4-44-34-23-14-13-22-32(34)39(45(3,42)43)25-15-24-35(40)38(27-30-19-12-11-16-28(30)2)33(26-29-17-7-5-8-18-29)36(41)37-31-20-9-6-10-21-31/h5,7-8,11-14,16-19,22-23,31,33H,4,6,9-10,15,20-21,24-27H2,1-3H3,(H,37,41). The number of rotatable bonds is 15. The van der Waals surface area contributed by atoms with Crippen molar-refractivity contribution in [2.45, 2.75) is 83.8 Å². The molecule has 0 aliphatic heterocycles. The predicted octanol–water partition coefficient (Wildman–Crippen LogP) is 6.03. The summed E-state index contributed by atoms with van der Waals surface area (Å²) in [7, 11) is -3.65. The second-order valence-electron chi connectivity index (χ2n) is 11.8. The molecule has 1 fully saturated rings. The summed E-state index contributed by atoms with van der Waals surface area (Å²) in [5.41, 5.74) is 3.43. The number of carbonyl (C=O) groups is 2. The lowest BCUT2D eigenvalue weighted by molar-refractivity contribution is -0.141. The zero-order chi connectivity index (χ0) is 32.2. The Labute approximate surface area is 268 Å². The van der Waals surface area contributed by atoms with E-state index < -0.39 is 16.1 Å². The molecule has 1 saturated carbocycles. The van der Waals surface area contributed by atoms with E-state index in [2.05, 4.69) is 5.32 Å². The molecule has 0 heterocycles. The quantitative estimate of drug-likeness (QED) is 0.221. The van der Waals surface area contributed by atoms with E-state index in [9.17, 15) is 18.0 Å². The zero-order valence-corrected chi connectivity index (χ0v) is 27.6. The SMILES string of the molecule is CCOc1ccccc1N(CCCC(=O)N(Cc1ccccc1C)C(Cc1ccccc1)C(=O)NC1CCCCC1)S(C)(=O)=O. The summed E-state index contributed by atoms with van der Waals surface area (Å²) in [5, 5.41) is 3.27. The number of nitrogens with one attached hydrogen (secondary N) is 1. The minimum Gasteiger partial charge on any atom is -0.492 e. The van der Waals surface area contributed by atoms with Crippen LogP contribution in [-0.2, 0) is 32.6 Å². The smallest absolute Gasteiger partial charge is 0.243 e. The van der Waals surface area contributed by atoms with Crippen LogP contribution >= 0.6 is 0 Å². The number of benzene rings is 3. The molecule has 3 aromatic carbocycles. The number of sulfonamides is 1. The molecule has 4 rings (SSSR count). The van der Waals surface area contributed by atoms with Crippen LogP contribution in [-0.4, -0.2) is 56.6 Å². The monoisotopic (exact) mass is 633 g/mol. The lowest BCUT2D eigenvalue weighted by atomic mass is 9.94. The van der Waals surface area contributed by atoms with Gasteiger partial charge in [-0.2, -0.15) is 0 Å². The topological polar surface area (TPSA) is 96.0 Å². The average Bonchev–Trinajstić information content (AvgIpc) is 3.03.